The van der Waals surface area contributed by atoms with Crippen LogP contribution < -0.4 is 0 Å². The quantitative estimate of drug-likeness (QED) is 0.731. The number of ether oxygens (including phenoxy) is 1. The van der Waals surface area contributed by atoms with Crippen LogP contribution in [-0.4, -0.2) is 39.5 Å². The molecule has 24 heavy (non-hydrogen) atoms. The maximum atomic E-state index is 5.93. The lowest BCUT2D eigenvalue weighted by Gasteiger charge is -2.32. The third-order valence-electron chi connectivity index (χ3n) is 4.02. The normalized spacial score (nSPS) is 18.6. The SMILES string of the molecule is c1ccc([C@H]2CN(Cc3csc(-c4ncccn4)n3)CCO2)cc1. The molecule has 3 aromatic rings. The minimum atomic E-state index is 0.135. The molecule has 0 N–H and O–H groups in total. The summed E-state index contributed by atoms with van der Waals surface area (Å²) in [6.45, 7) is 3.39. The van der Waals surface area contributed by atoms with Crippen molar-refractivity contribution in [1.82, 2.24) is 19.9 Å². The molecule has 1 aliphatic heterocycles. The van der Waals surface area contributed by atoms with E-state index in [9.17, 15) is 0 Å². The number of benzene rings is 1. The molecule has 1 aromatic carbocycles. The molecule has 0 bridgehead atoms. The van der Waals surface area contributed by atoms with E-state index >= 15 is 0 Å². The van der Waals surface area contributed by atoms with Gasteiger partial charge in [0.2, 0.25) is 0 Å². The molecule has 1 aliphatic rings. The molecule has 0 saturated carbocycles. The molecule has 122 valence electrons. The van der Waals surface area contributed by atoms with Crippen LogP contribution in [0.5, 0.6) is 0 Å². The molecule has 0 aliphatic carbocycles. The molecule has 1 atom stereocenters. The molecular formula is C18H18N4OS. The Bertz CT molecular complexity index is 778. The van der Waals surface area contributed by atoms with Crippen molar-refractivity contribution in [1.29, 1.82) is 0 Å². The molecule has 0 spiro atoms. The predicted octanol–water partition coefficient (Wildman–Crippen LogP) is 3.17. The van der Waals surface area contributed by atoms with Gasteiger partial charge in [0.25, 0.3) is 0 Å². The van der Waals surface area contributed by atoms with Crippen LogP contribution in [0.25, 0.3) is 10.8 Å². The lowest BCUT2D eigenvalue weighted by Crippen LogP contribution is -2.37. The maximum absolute atomic E-state index is 5.93. The van der Waals surface area contributed by atoms with E-state index in [2.05, 4.69) is 49.5 Å². The largest absolute Gasteiger partial charge is 0.371 e. The standard InChI is InChI=1S/C18H18N4OS/c1-2-5-14(6-3-1)16-12-22(9-10-23-16)11-15-13-24-18(21-15)17-19-7-4-8-20-17/h1-8,13,16H,9-12H2/t16-/m1/s1. The molecular weight excluding hydrogens is 320 g/mol. The van der Waals surface area contributed by atoms with E-state index in [1.165, 1.54) is 5.56 Å². The van der Waals surface area contributed by atoms with Crippen molar-refractivity contribution in [2.45, 2.75) is 12.6 Å². The van der Waals surface area contributed by atoms with Crippen molar-refractivity contribution in [2.24, 2.45) is 0 Å². The van der Waals surface area contributed by atoms with Crippen LogP contribution in [0.4, 0.5) is 0 Å². The minimum Gasteiger partial charge on any atom is -0.371 e. The van der Waals surface area contributed by atoms with Crippen molar-refractivity contribution >= 4 is 11.3 Å². The smallest absolute Gasteiger partial charge is 0.188 e. The summed E-state index contributed by atoms with van der Waals surface area (Å²) in [4.78, 5) is 15.6. The van der Waals surface area contributed by atoms with Gasteiger partial charge in [-0.2, -0.15) is 0 Å². The van der Waals surface area contributed by atoms with Crippen LogP contribution in [-0.2, 0) is 11.3 Å². The first kappa shape index (κ1) is 15.4. The Kier molecular flexibility index (Phi) is 4.60. The fourth-order valence-electron chi connectivity index (χ4n) is 2.84. The molecule has 2 aromatic heterocycles. The van der Waals surface area contributed by atoms with Crippen molar-refractivity contribution in [2.75, 3.05) is 19.7 Å². The number of aromatic nitrogens is 3. The average Bonchev–Trinajstić information content (AvgIpc) is 3.12. The molecule has 6 heteroatoms. The molecule has 5 nitrogen and oxygen atoms in total. The van der Waals surface area contributed by atoms with Gasteiger partial charge in [-0.1, -0.05) is 30.3 Å². The maximum Gasteiger partial charge on any atom is 0.188 e. The Hall–Kier alpha value is -2.15. The Balaban J connectivity index is 1.43. The van der Waals surface area contributed by atoms with Crippen molar-refractivity contribution in [3.05, 3.63) is 65.4 Å². The second kappa shape index (κ2) is 7.17. The Morgan fingerprint density at radius 2 is 1.96 bits per heavy atom. The second-order valence-corrected chi connectivity index (χ2v) is 6.58. The second-order valence-electron chi connectivity index (χ2n) is 5.72. The van der Waals surface area contributed by atoms with Crippen molar-refractivity contribution in [3.8, 4) is 10.8 Å². The van der Waals surface area contributed by atoms with Gasteiger partial charge in [0.1, 0.15) is 0 Å². The first-order valence-corrected chi connectivity index (χ1v) is 8.87. The van der Waals surface area contributed by atoms with Gasteiger partial charge in [-0.05, 0) is 11.6 Å². The summed E-state index contributed by atoms with van der Waals surface area (Å²) in [5.74, 6) is 0.692. The summed E-state index contributed by atoms with van der Waals surface area (Å²) in [6, 6.07) is 12.2. The third-order valence-corrected chi connectivity index (χ3v) is 4.90. The van der Waals surface area contributed by atoms with Gasteiger partial charge in [-0.3, -0.25) is 4.90 Å². The summed E-state index contributed by atoms with van der Waals surface area (Å²) < 4.78 is 5.93. The molecule has 1 fully saturated rings. The lowest BCUT2D eigenvalue weighted by molar-refractivity contribution is -0.0332. The average molecular weight is 338 g/mol. The van der Waals surface area contributed by atoms with Crippen LogP contribution in [0.2, 0.25) is 0 Å². The molecule has 4 rings (SSSR count). The molecule has 3 heterocycles. The fourth-order valence-corrected chi connectivity index (χ4v) is 3.59. The van der Waals surface area contributed by atoms with Crippen LogP contribution in [0.15, 0.2) is 54.2 Å². The van der Waals surface area contributed by atoms with Crippen LogP contribution in [0.1, 0.15) is 17.4 Å². The van der Waals surface area contributed by atoms with E-state index in [1.54, 1.807) is 23.7 Å². The highest BCUT2D eigenvalue weighted by atomic mass is 32.1. The molecule has 1 saturated heterocycles. The Morgan fingerprint density at radius 3 is 2.79 bits per heavy atom. The van der Waals surface area contributed by atoms with Gasteiger partial charge in [0.15, 0.2) is 10.8 Å². The predicted molar refractivity (Wildman–Crippen MR) is 93.6 cm³/mol. The lowest BCUT2D eigenvalue weighted by atomic mass is 10.1. The number of hydrogen-bond acceptors (Lipinski definition) is 6. The monoisotopic (exact) mass is 338 g/mol. The summed E-state index contributed by atoms with van der Waals surface area (Å²) in [7, 11) is 0. The molecule has 0 amide bonds. The van der Waals surface area contributed by atoms with E-state index in [1.807, 2.05) is 12.1 Å². The van der Waals surface area contributed by atoms with Gasteiger partial charge >= 0.3 is 0 Å². The highest BCUT2D eigenvalue weighted by molar-refractivity contribution is 7.13. The van der Waals surface area contributed by atoms with E-state index in [-0.39, 0.29) is 6.10 Å². The highest BCUT2D eigenvalue weighted by Gasteiger charge is 2.22. The van der Waals surface area contributed by atoms with Gasteiger partial charge in [-0.25, -0.2) is 15.0 Å². The first-order chi connectivity index (χ1) is 11.9. The van der Waals surface area contributed by atoms with Crippen molar-refractivity contribution in [3.63, 3.8) is 0 Å². The summed E-state index contributed by atoms with van der Waals surface area (Å²) in [5, 5.41) is 2.97. The van der Waals surface area contributed by atoms with E-state index in [4.69, 9.17) is 4.74 Å². The Labute approximate surface area is 145 Å². The van der Waals surface area contributed by atoms with Gasteiger partial charge < -0.3 is 4.74 Å². The summed E-state index contributed by atoms with van der Waals surface area (Å²) >= 11 is 1.59. The fraction of sp³-hybridized carbons (Fsp3) is 0.278. The Morgan fingerprint density at radius 1 is 1.12 bits per heavy atom. The van der Waals surface area contributed by atoms with Gasteiger partial charge in [0, 0.05) is 37.4 Å². The van der Waals surface area contributed by atoms with Crippen LogP contribution in [0, 0.1) is 0 Å². The first-order valence-electron chi connectivity index (χ1n) is 7.99. The summed E-state index contributed by atoms with van der Waals surface area (Å²) in [5.41, 5.74) is 2.30. The van der Waals surface area contributed by atoms with Crippen LogP contribution in [0.3, 0.4) is 0 Å². The van der Waals surface area contributed by atoms with Crippen LogP contribution >= 0.6 is 11.3 Å². The molecule has 0 radical (unpaired) electrons. The van der Waals surface area contributed by atoms with Gasteiger partial charge in [-0.15, -0.1) is 11.3 Å². The number of rotatable bonds is 4. The number of thiazole rings is 1. The third kappa shape index (κ3) is 3.51. The minimum absolute atomic E-state index is 0.135. The van der Waals surface area contributed by atoms with E-state index in [0.717, 1.165) is 36.9 Å². The zero-order valence-corrected chi connectivity index (χ0v) is 14.0. The highest BCUT2D eigenvalue weighted by Crippen LogP contribution is 2.25. The summed E-state index contributed by atoms with van der Waals surface area (Å²) in [6.07, 6.45) is 3.63. The van der Waals surface area contributed by atoms with E-state index in [0.29, 0.717) is 5.82 Å². The van der Waals surface area contributed by atoms with Gasteiger partial charge in [0.05, 0.1) is 18.4 Å². The molecule has 0 unspecified atom stereocenters. The number of morpholine rings is 1. The zero-order valence-electron chi connectivity index (χ0n) is 13.2. The number of nitrogens with zero attached hydrogens (tertiary/aromatic N) is 4. The zero-order chi connectivity index (χ0) is 16.2. The number of hydrogen-bond donors (Lipinski definition) is 0. The van der Waals surface area contributed by atoms with E-state index < -0.39 is 0 Å². The van der Waals surface area contributed by atoms with Crippen molar-refractivity contribution < 1.29 is 4.74 Å². The topological polar surface area (TPSA) is 51.1 Å².